The Morgan fingerprint density at radius 3 is 1.79 bits per heavy atom. The van der Waals surface area contributed by atoms with E-state index < -0.39 is 82.5 Å². The summed E-state index contributed by atoms with van der Waals surface area (Å²) in [6.07, 6.45) is -7.59. The monoisotopic (exact) mass is 352 g/mol. The minimum Gasteiger partial charge on any atom is -0.456 e. The van der Waals surface area contributed by atoms with Gasteiger partial charge in [0.1, 0.15) is 0 Å². The number of hydrogen-bond acceptors (Lipinski definition) is 10. The molecule has 0 aromatic carbocycles. The summed E-state index contributed by atoms with van der Waals surface area (Å²) in [7, 11) is 0. The number of aliphatic hydroxyl groups excluding tert-OH is 1. The van der Waals surface area contributed by atoms with Crippen LogP contribution < -0.4 is 0 Å². The highest BCUT2D eigenvalue weighted by Gasteiger charge is 2.43. The number of rotatable bonds is 9. The molecule has 0 saturated carbocycles. The lowest BCUT2D eigenvalue weighted by Gasteiger charge is -2.33. The Labute approximate surface area is 143 Å². The number of aliphatic hydroxyl groups is 1. The van der Waals surface area contributed by atoms with E-state index in [2.05, 4.69) is 4.74 Å². The second-order valence-electron chi connectivity index (χ2n) is 4.21. The molecule has 0 saturated heterocycles. The number of esters is 4. The maximum absolute atomic E-state index is 11.6. The van der Waals surface area contributed by atoms with Gasteiger partial charge in [0.2, 0.25) is 0 Å². The topological polar surface area (TPSA) is 142 Å². The van der Waals surface area contributed by atoms with Gasteiger partial charge in [0.25, 0.3) is 0 Å². The summed E-state index contributed by atoms with van der Waals surface area (Å²) in [6, 6.07) is 0. The fourth-order valence-electron chi connectivity index (χ4n) is 1.68. The van der Waals surface area contributed by atoms with Gasteiger partial charge in [-0.05, 0) is 0 Å². The SMILES string of the molecule is [2H]CC(=O)O[C@@H]([C@H](OC(=O)C[2H])[C@@H](CO)OC(=O)C[2H])[C@H](C=O)OC(=O)C[2H]. The van der Waals surface area contributed by atoms with Gasteiger partial charge in [-0.3, -0.25) is 24.0 Å². The van der Waals surface area contributed by atoms with E-state index in [1.54, 1.807) is 0 Å². The predicted octanol–water partition coefficient (Wildman–Crippen LogP) is -1.10. The van der Waals surface area contributed by atoms with Crippen LogP contribution in [0, 0.1) is 0 Å². The predicted molar refractivity (Wildman–Crippen MR) is 75.4 cm³/mol. The van der Waals surface area contributed by atoms with Crippen molar-refractivity contribution in [2.24, 2.45) is 0 Å². The van der Waals surface area contributed by atoms with Crippen LogP contribution in [0.3, 0.4) is 0 Å². The van der Waals surface area contributed by atoms with Crippen LogP contribution in [0.4, 0.5) is 0 Å². The molecule has 0 aliphatic rings. The highest BCUT2D eigenvalue weighted by molar-refractivity contribution is 5.72. The van der Waals surface area contributed by atoms with Crippen molar-refractivity contribution in [2.75, 3.05) is 6.61 Å². The first-order chi connectivity index (χ1) is 13.3. The third-order valence-electron chi connectivity index (χ3n) is 2.41. The first-order valence-electron chi connectivity index (χ1n) is 9.11. The molecule has 0 unspecified atom stereocenters. The van der Waals surface area contributed by atoms with Crippen molar-refractivity contribution in [2.45, 2.75) is 52.0 Å². The molecule has 10 nitrogen and oxygen atoms in total. The van der Waals surface area contributed by atoms with Crippen LogP contribution in [0.2, 0.25) is 0 Å². The Bertz CT molecular complexity index is 558. The summed E-state index contributed by atoms with van der Waals surface area (Å²) >= 11 is 0. The van der Waals surface area contributed by atoms with Gasteiger partial charge < -0.3 is 24.1 Å². The summed E-state index contributed by atoms with van der Waals surface area (Å²) in [6.45, 7) is -4.67. The molecule has 0 fully saturated rings. The second-order valence-corrected chi connectivity index (χ2v) is 4.21. The van der Waals surface area contributed by atoms with Crippen LogP contribution in [0.25, 0.3) is 0 Å². The molecule has 0 rings (SSSR count). The van der Waals surface area contributed by atoms with E-state index in [9.17, 15) is 29.1 Å². The average molecular weight is 352 g/mol. The first kappa shape index (κ1) is 15.1. The van der Waals surface area contributed by atoms with Crippen LogP contribution in [0.1, 0.15) is 33.1 Å². The zero-order valence-corrected chi connectivity index (χ0v) is 12.5. The molecular formula is C14H20O10. The molecule has 0 aliphatic heterocycles. The van der Waals surface area contributed by atoms with Gasteiger partial charge in [-0.1, -0.05) is 0 Å². The van der Waals surface area contributed by atoms with Crippen LogP contribution in [-0.4, -0.2) is 66.3 Å². The van der Waals surface area contributed by atoms with E-state index in [4.69, 9.17) is 19.7 Å². The fourth-order valence-corrected chi connectivity index (χ4v) is 1.68. The lowest BCUT2D eigenvalue weighted by molar-refractivity contribution is -0.199. The van der Waals surface area contributed by atoms with Crippen LogP contribution >= 0.6 is 0 Å². The van der Waals surface area contributed by atoms with Gasteiger partial charge in [-0.15, -0.1) is 0 Å². The normalized spacial score (nSPS) is 17.4. The summed E-state index contributed by atoms with van der Waals surface area (Å²) in [5.41, 5.74) is 0. The molecule has 136 valence electrons. The first-order valence-corrected chi connectivity index (χ1v) is 6.28. The Hall–Kier alpha value is -2.49. The van der Waals surface area contributed by atoms with Gasteiger partial charge in [0.05, 0.1) is 6.61 Å². The quantitative estimate of drug-likeness (QED) is 0.309. The average Bonchev–Trinajstić information content (AvgIpc) is 2.71. The number of hydrogen-bond donors (Lipinski definition) is 1. The van der Waals surface area contributed by atoms with Gasteiger partial charge in [0, 0.05) is 33.1 Å². The lowest BCUT2D eigenvalue weighted by atomic mass is 10.0. The zero-order valence-electron chi connectivity index (χ0n) is 16.5. The van der Waals surface area contributed by atoms with Crippen LogP contribution in [-0.2, 0) is 42.9 Å². The minimum absolute atomic E-state index is 0.0161. The third-order valence-corrected chi connectivity index (χ3v) is 2.41. The standard InChI is InChI=1S/C14H20O10/c1-7(17)21-11(5-15)13(23-9(3)19)14(24-10(4)20)12(6-16)22-8(2)18/h5,11-14,16H,6H2,1-4H3/t11-,12+,13+,14+/m0/s1/i1D,2D,3D,4D. The molecular weight excluding hydrogens is 328 g/mol. The van der Waals surface area contributed by atoms with E-state index in [0.717, 1.165) is 0 Å². The van der Waals surface area contributed by atoms with Crippen LogP contribution in [0.5, 0.6) is 0 Å². The molecule has 0 aliphatic carbocycles. The number of carbonyl (C=O) groups excluding carboxylic acids is 5. The van der Waals surface area contributed by atoms with Crippen molar-refractivity contribution in [3.63, 3.8) is 0 Å². The fraction of sp³-hybridized carbons (Fsp3) is 0.643. The van der Waals surface area contributed by atoms with E-state index in [0.29, 0.717) is 0 Å². The molecule has 0 aromatic rings. The van der Waals surface area contributed by atoms with Gasteiger partial charge in [-0.2, -0.15) is 0 Å². The van der Waals surface area contributed by atoms with Crippen LogP contribution in [0.15, 0.2) is 0 Å². The van der Waals surface area contributed by atoms with Crippen molar-refractivity contribution < 1.29 is 53.5 Å². The summed E-state index contributed by atoms with van der Waals surface area (Å²) in [4.78, 5) is 57.3. The van der Waals surface area contributed by atoms with Gasteiger partial charge >= 0.3 is 23.9 Å². The van der Waals surface area contributed by atoms with Crippen molar-refractivity contribution in [1.82, 2.24) is 0 Å². The van der Waals surface area contributed by atoms with E-state index >= 15 is 0 Å². The molecule has 0 heterocycles. The second kappa shape index (κ2) is 10.3. The summed E-state index contributed by atoms with van der Waals surface area (Å²) in [5, 5.41) is 9.47. The van der Waals surface area contributed by atoms with Crippen molar-refractivity contribution >= 4 is 30.2 Å². The highest BCUT2D eigenvalue weighted by Crippen LogP contribution is 2.18. The molecule has 4 atom stereocenters. The highest BCUT2D eigenvalue weighted by atomic mass is 16.6. The Kier molecular flexibility index (Phi) is 6.47. The van der Waals surface area contributed by atoms with Gasteiger partial charge in [-0.25, -0.2) is 0 Å². The molecule has 24 heavy (non-hydrogen) atoms. The molecule has 1 N–H and O–H groups in total. The van der Waals surface area contributed by atoms with Crippen molar-refractivity contribution in [1.29, 1.82) is 0 Å². The molecule has 0 aromatic heterocycles. The maximum atomic E-state index is 11.6. The molecule has 10 heteroatoms. The van der Waals surface area contributed by atoms with Gasteiger partial charge in [0.15, 0.2) is 30.7 Å². The van der Waals surface area contributed by atoms with E-state index in [1.807, 2.05) is 0 Å². The molecule has 0 bridgehead atoms. The molecule has 0 radical (unpaired) electrons. The largest absolute Gasteiger partial charge is 0.456 e. The summed E-state index contributed by atoms with van der Waals surface area (Å²) in [5.74, 6) is -4.84. The molecule has 0 spiro atoms. The Morgan fingerprint density at radius 2 is 1.33 bits per heavy atom. The zero-order chi connectivity index (χ0) is 21.7. The van der Waals surface area contributed by atoms with E-state index in [1.165, 1.54) is 0 Å². The smallest absolute Gasteiger partial charge is 0.303 e. The van der Waals surface area contributed by atoms with E-state index in [-0.39, 0.29) is 6.29 Å². The Balaban J connectivity index is 6.02. The minimum atomic E-state index is -1.96. The Morgan fingerprint density at radius 1 is 0.875 bits per heavy atom. The third kappa shape index (κ3) is 7.68. The number of aldehydes is 1. The maximum Gasteiger partial charge on any atom is 0.303 e. The number of ether oxygens (including phenoxy) is 4. The molecule has 0 amide bonds. The lowest BCUT2D eigenvalue weighted by Crippen LogP contribution is -2.53. The van der Waals surface area contributed by atoms with Crippen molar-refractivity contribution in [3.8, 4) is 0 Å². The summed E-state index contributed by atoms with van der Waals surface area (Å²) < 4.78 is 46.9. The number of carbonyl (C=O) groups is 5. The van der Waals surface area contributed by atoms with Crippen molar-refractivity contribution in [3.05, 3.63) is 0 Å².